The van der Waals surface area contributed by atoms with Crippen LogP contribution in [-0.4, -0.2) is 131 Å². The molecule has 8 atom stereocenters. The Bertz CT molecular complexity index is 373. The monoisotopic (exact) mass is 434 g/mol. The summed E-state index contributed by atoms with van der Waals surface area (Å²) in [6, 6.07) is 0. The fraction of sp³-hybridized carbons (Fsp3) is 0.917. The van der Waals surface area contributed by atoms with E-state index in [4.69, 9.17) is 20.4 Å². The van der Waals surface area contributed by atoms with Gasteiger partial charge in [0.15, 0.2) is 6.10 Å². The van der Waals surface area contributed by atoms with Crippen LogP contribution in [0.3, 0.4) is 0 Å². The Balaban J connectivity index is -0.00000264. The number of rotatable bonds is 11. The van der Waals surface area contributed by atoms with Crippen molar-refractivity contribution in [3.05, 3.63) is 0 Å². The number of hydrogen-bond acceptors (Lipinski definition) is 12. The van der Waals surface area contributed by atoms with Crippen LogP contribution in [0.5, 0.6) is 0 Å². The van der Waals surface area contributed by atoms with E-state index in [1.54, 1.807) is 0 Å². The molecule has 0 rings (SSSR count). The number of hydrogen-bond donors (Lipinski definition) is 10. The summed E-state index contributed by atoms with van der Waals surface area (Å²) in [5.41, 5.74) is 0. The van der Waals surface area contributed by atoms with Crippen LogP contribution in [0, 0.1) is 0 Å². The van der Waals surface area contributed by atoms with Crippen molar-refractivity contribution >= 4 is 5.97 Å². The molecule has 0 aliphatic heterocycles. The smallest absolute Gasteiger partial charge is 0.337 e. The minimum absolute atomic E-state index is 0. The number of carbonyl (C=O) groups is 1. The van der Waals surface area contributed by atoms with Crippen LogP contribution in [0.25, 0.3) is 0 Å². The zero-order valence-electron chi connectivity index (χ0n) is 13.4. The average Bonchev–Trinajstić information content (AvgIpc) is 2.60. The number of aliphatic hydroxyl groups excluding tert-OH is 10. The van der Waals surface area contributed by atoms with Gasteiger partial charge in [-0.05, 0) is 0 Å². The van der Waals surface area contributed by atoms with Crippen LogP contribution in [0.1, 0.15) is 0 Å². The summed E-state index contributed by atoms with van der Waals surface area (Å²) >= 11 is 0. The molecule has 0 heterocycles. The van der Waals surface area contributed by atoms with E-state index in [0.29, 0.717) is 0 Å². The van der Waals surface area contributed by atoms with Crippen LogP contribution in [0.4, 0.5) is 0 Å². The Labute approximate surface area is 158 Å². The second-order valence-corrected chi connectivity index (χ2v) is 5.10. The molecule has 0 aliphatic carbocycles. The molecule has 26 heavy (non-hydrogen) atoms. The van der Waals surface area contributed by atoms with E-state index in [1.165, 1.54) is 0 Å². The first kappa shape index (κ1) is 30.3. The second-order valence-electron chi connectivity index (χ2n) is 5.10. The number of ether oxygens (including phenoxy) is 1. The molecule has 0 spiro atoms. The van der Waals surface area contributed by atoms with Crippen LogP contribution in [0.15, 0.2) is 0 Å². The third kappa shape index (κ3) is 8.96. The van der Waals surface area contributed by atoms with Crippen molar-refractivity contribution in [3.63, 3.8) is 0 Å². The first-order chi connectivity index (χ1) is 11.1. The van der Waals surface area contributed by atoms with Gasteiger partial charge in [0.05, 0.1) is 13.2 Å². The summed E-state index contributed by atoms with van der Waals surface area (Å²) in [6.07, 6.45) is -16.0. The molecular formula is C12H26FeO13. The topological polar surface area (TPSA) is 260 Å². The number of aliphatic hydroxyl groups is 10. The molecule has 0 amide bonds. The van der Waals surface area contributed by atoms with Crippen molar-refractivity contribution in [2.24, 2.45) is 0 Å². The van der Waals surface area contributed by atoms with Gasteiger partial charge in [0, 0.05) is 17.1 Å². The fourth-order valence-electron chi connectivity index (χ4n) is 1.58. The van der Waals surface area contributed by atoms with E-state index in [1.807, 2.05) is 0 Å². The van der Waals surface area contributed by atoms with Crippen LogP contribution < -0.4 is 0 Å². The number of carbonyl (C=O) groups excluding carboxylic acids is 1. The van der Waals surface area contributed by atoms with Crippen molar-refractivity contribution in [1.29, 1.82) is 0 Å². The molecule has 0 aromatic heterocycles. The first-order valence-electron chi connectivity index (χ1n) is 6.91. The Morgan fingerprint density at radius 2 is 1.04 bits per heavy atom. The summed E-state index contributed by atoms with van der Waals surface area (Å²) < 4.78 is 4.37. The van der Waals surface area contributed by atoms with E-state index in [0.717, 1.165) is 0 Å². The van der Waals surface area contributed by atoms with Crippen LogP contribution in [0.2, 0.25) is 0 Å². The van der Waals surface area contributed by atoms with Crippen molar-refractivity contribution in [3.8, 4) is 0 Å². The van der Waals surface area contributed by atoms with Gasteiger partial charge in [0.2, 0.25) is 0 Å². The molecule has 0 aromatic carbocycles. The molecule has 12 N–H and O–H groups in total. The van der Waals surface area contributed by atoms with Crippen molar-refractivity contribution in [2.45, 2.75) is 48.8 Å². The molecule has 0 bridgehead atoms. The molecule has 0 aliphatic rings. The van der Waals surface area contributed by atoms with Gasteiger partial charge in [0.1, 0.15) is 49.3 Å². The third-order valence-electron chi connectivity index (χ3n) is 3.22. The maximum absolute atomic E-state index is 11.5. The zero-order valence-corrected chi connectivity index (χ0v) is 14.5. The van der Waals surface area contributed by atoms with Gasteiger partial charge in [0.25, 0.3) is 0 Å². The van der Waals surface area contributed by atoms with Crippen molar-refractivity contribution in [2.75, 3.05) is 19.8 Å². The summed E-state index contributed by atoms with van der Waals surface area (Å²) in [5.74, 6) is -1.53. The minimum atomic E-state index is -2.33. The van der Waals surface area contributed by atoms with Gasteiger partial charge in [-0.3, -0.25) is 0 Å². The Kier molecular flexibility index (Phi) is 17.0. The summed E-state index contributed by atoms with van der Waals surface area (Å²) in [6.45, 7) is -2.81. The quantitative estimate of drug-likeness (QED) is 0.107. The maximum atomic E-state index is 11.5. The Hall–Kier alpha value is -0.451. The molecule has 13 nitrogen and oxygen atoms in total. The molecule has 0 unspecified atom stereocenters. The van der Waals surface area contributed by atoms with Crippen molar-refractivity contribution < 1.29 is 83.1 Å². The molecule has 14 heteroatoms. The molecule has 0 fully saturated rings. The van der Waals surface area contributed by atoms with E-state index in [-0.39, 0.29) is 22.5 Å². The number of esters is 1. The normalized spacial score (nSPS) is 20.2. The van der Waals surface area contributed by atoms with E-state index < -0.39 is 74.6 Å². The van der Waals surface area contributed by atoms with E-state index >= 15 is 0 Å². The predicted molar refractivity (Wildman–Crippen MR) is 76.8 cm³/mol. The van der Waals surface area contributed by atoms with Crippen LogP contribution >= 0.6 is 0 Å². The summed E-state index contributed by atoms with van der Waals surface area (Å²) in [7, 11) is 0. The van der Waals surface area contributed by atoms with Crippen LogP contribution in [-0.2, 0) is 26.6 Å². The first-order valence-corrected chi connectivity index (χ1v) is 6.91. The largest absolute Gasteiger partial charge is 0.461 e. The molecule has 0 radical (unpaired) electrons. The van der Waals surface area contributed by atoms with Gasteiger partial charge in [-0.1, -0.05) is 0 Å². The van der Waals surface area contributed by atoms with Gasteiger partial charge < -0.3 is 61.3 Å². The molecular weight excluding hydrogens is 408 g/mol. The van der Waals surface area contributed by atoms with Crippen molar-refractivity contribution in [1.82, 2.24) is 0 Å². The van der Waals surface area contributed by atoms with E-state index in [9.17, 15) is 35.4 Å². The molecule has 0 saturated carbocycles. The van der Waals surface area contributed by atoms with Gasteiger partial charge in [-0.25, -0.2) is 4.79 Å². The Morgan fingerprint density at radius 3 is 1.42 bits per heavy atom. The van der Waals surface area contributed by atoms with Gasteiger partial charge in [-0.15, -0.1) is 0 Å². The average molecular weight is 434 g/mol. The third-order valence-corrected chi connectivity index (χ3v) is 3.22. The summed E-state index contributed by atoms with van der Waals surface area (Å²) in [5, 5.41) is 91.9. The fourth-order valence-corrected chi connectivity index (χ4v) is 1.58. The Morgan fingerprint density at radius 1 is 0.692 bits per heavy atom. The van der Waals surface area contributed by atoms with E-state index in [2.05, 4.69) is 4.74 Å². The molecule has 0 aromatic rings. The SMILES string of the molecule is O.O=C(OC[C@@H](O)[C@@H](O)[C@H](O)[C@H](O)CO)[C@H](O)[C@@H](O)[C@H](O)[C@H](O)CO.[Fe]. The standard InChI is InChI=1S/C12H24O12.Fe.H2O/c13-1-4(15)7(18)9(20)6(17)3-24-12(23)11(22)10(21)8(19)5(16)2-14;;/h4-11,13-22H,1-3H2;;1H2/t4-,5-,6-,7-,8-,9-,10+,11-;;/m1../s1. The molecule has 0 saturated heterocycles. The maximum Gasteiger partial charge on any atom is 0.337 e. The minimum Gasteiger partial charge on any atom is -0.461 e. The summed E-state index contributed by atoms with van der Waals surface area (Å²) in [4.78, 5) is 11.5. The van der Waals surface area contributed by atoms with Gasteiger partial charge >= 0.3 is 5.97 Å². The second kappa shape index (κ2) is 14.6. The zero-order chi connectivity index (χ0) is 19.0. The van der Waals surface area contributed by atoms with Gasteiger partial charge in [-0.2, -0.15) is 0 Å². The molecule has 160 valence electrons. The predicted octanol–water partition coefficient (Wildman–Crippen LogP) is -7.43.